The minimum absolute atomic E-state index is 0.105. The number of carboxylic acids is 1. The molecule has 1 atom stereocenters. The fourth-order valence-electron chi connectivity index (χ4n) is 1.49. The molecule has 0 unspecified atom stereocenters. The molecule has 0 bridgehead atoms. The number of rotatable bonds is 8. The maximum atomic E-state index is 11.6. The molecule has 0 radical (unpaired) electrons. The molecule has 4 amide bonds. The number of carbonyl (C=O) groups excluding carboxylic acids is 3. The van der Waals surface area contributed by atoms with Gasteiger partial charge in [0.15, 0.2) is 0 Å². The summed E-state index contributed by atoms with van der Waals surface area (Å²) in [5.74, 6) is -1.87. The number of hydrogen-bond acceptors (Lipinski definition) is 5. The summed E-state index contributed by atoms with van der Waals surface area (Å²) in [7, 11) is 0. The van der Waals surface area contributed by atoms with Crippen LogP contribution in [0.25, 0.3) is 0 Å². The van der Waals surface area contributed by atoms with Gasteiger partial charge < -0.3 is 31.5 Å². The van der Waals surface area contributed by atoms with E-state index in [1.165, 1.54) is 6.42 Å². The number of terminal acetylenes is 1. The van der Waals surface area contributed by atoms with E-state index < -0.39 is 42.2 Å². The van der Waals surface area contributed by atoms with E-state index in [9.17, 15) is 19.2 Å². The summed E-state index contributed by atoms with van der Waals surface area (Å²) >= 11 is 0. The van der Waals surface area contributed by atoms with Gasteiger partial charge in [-0.05, 0) is 33.6 Å². The molecule has 6 N–H and O–H groups in total. The van der Waals surface area contributed by atoms with E-state index in [1.807, 2.05) is 0 Å². The molecule has 0 spiro atoms. The zero-order valence-corrected chi connectivity index (χ0v) is 17.3. The highest BCUT2D eigenvalue weighted by Gasteiger charge is 2.21. The summed E-state index contributed by atoms with van der Waals surface area (Å²) in [6, 6.07) is -1.83. The Bertz CT molecular complexity index is 500. The normalized spacial score (nSPS) is 10.5. The van der Waals surface area contributed by atoms with Crippen LogP contribution in [0.2, 0.25) is 0 Å². The Labute approximate surface area is 166 Å². The number of alkyl carbamates (subject to hydrolysis) is 1. The third kappa shape index (κ3) is 23.0. The van der Waals surface area contributed by atoms with Gasteiger partial charge in [-0.15, -0.1) is 12.8 Å². The number of hydrogen-bond donors (Lipinski definition) is 5. The molecule has 0 fully saturated rings. The molecule has 0 aliphatic carbocycles. The molecule has 0 aromatic heterocycles. The Kier molecular flexibility index (Phi) is 18.6. The summed E-state index contributed by atoms with van der Waals surface area (Å²) in [4.78, 5) is 44.5. The lowest BCUT2D eigenvalue weighted by Gasteiger charge is -2.20. The molecule has 0 aliphatic heterocycles. The summed E-state index contributed by atoms with van der Waals surface area (Å²) in [5.41, 5.74) is 4.18. The van der Waals surface area contributed by atoms with Gasteiger partial charge in [0.1, 0.15) is 18.2 Å². The number of carbonyl (C=O) groups is 4. The molecule has 0 saturated heterocycles. The standard InChI is InChI=1S/C13H24N4O6.C3H8.C2H2/c1-13(2,3)23-12(22)16-7-9(18)17-8(10(19)20)5-4-6-15-11(14)21;1-3-2;1-2/h8H,4-7H2,1-3H3,(H,16,22)(H,17,18)(H,19,20)(H3,14,15,21);3H2,1-2H3;1-2H/t8-;;/m0../s1. The number of urea groups is 1. The van der Waals surface area contributed by atoms with Crippen molar-refractivity contribution in [2.45, 2.75) is 65.5 Å². The van der Waals surface area contributed by atoms with Crippen LogP contribution in [0.1, 0.15) is 53.9 Å². The molecule has 0 aromatic carbocycles. The first kappa shape index (κ1) is 29.8. The third-order valence-electron chi connectivity index (χ3n) is 2.39. The van der Waals surface area contributed by atoms with E-state index in [2.05, 4.69) is 42.6 Å². The van der Waals surface area contributed by atoms with Crippen molar-refractivity contribution in [3.8, 4) is 12.8 Å². The van der Waals surface area contributed by atoms with Gasteiger partial charge in [0.2, 0.25) is 5.91 Å². The average molecular weight is 402 g/mol. The van der Waals surface area contributed by atoms with E-state index >= 15 is 0 Å². The average Bonchev–Trinajstić information content (AvgIpc) is 2.56. The first-order valence-corrected chi connectivity index (χ1v) is 8.78. The summed E-state index contributed by atoms with van der Waals surface area (Å²) in [6.45, 7) is 9.07. The predicted octanol–water partition coefficient (Wildman–Crippen LogP) is 1.19. The lowest BCUT2D eigenvalue weighted by molar-refractivity contribution is -0.141. The van der Waals surface area contributed by atoms with Crippen LogP contribution in [0.5, 0.6) is 0 Å². The molecule has 0 heterocycles. The zero-order chi connectivity index (χ0) is 22.8. The fourth-order valence-corrected chi connectivity index (χ4v) is 1.49. The van der Waals surface area contributed by atoms with E-state index in [0.29, 0.717) is 6.42 Å². The van der Waals surface area contributed by atoms with Crippen LogP contribution in [0.3, 0.4) is 0 Å². The van der Waals surface area contributed by atoms with Gasteiger partial charge in [-0.2, -0.15) is 0 Å². The Hall–Kier alpha value is -2.96. The number of primary amides is 1. The van der Waals surface area contributed by atoms with Crippen LogP contribution in [0.4, 0.5) is 9.59 Å². The van der Waals surface area contributed by atoms with E-state index in [0.717, 1.165) is 0 Å². The first-order chi connectivity index (χ1) is 12.9. The second-order valence-electron chi connectivity index (χ2n) is 6.45. The van der Waals surface area contributed by atoms with Crippen molar-refractivity contribution in [3.05, 3.63) is 0 Å². The molecule has 0 aliphatic rings. The van der Waals surface area contributed by atoms with Crippen LogP contribution in [-0.2, 0) is 14.3 Å². The van der Waals surface area contributed by atoms with Gasteiger partial charge in [-0.1, -0.05) is 20.3 Å². The first-order valence-electron chi connectivity index (χ1n) is 8.78. The molecule has 0 aromatic rings. The molecule has 28 heavy (non-hydrogen) atoms. The molecule has 10 nitrogen and oxygen atoms in total. The number of carboxylic acid groups (broad SMARTS) is 1. The number of ether oxygens (including phenoxy) is 1. The Morgan fingerprint density at radius 1 is 1.11 bits per heavy atom. The summed E-state index contributed by atoms with van der Waals surface area (Å²) < 4.78 is 4.94. The number of nitrogens with one attached hydrogen (secondary N) is 3. The van der Waals surface area contributed by atoms with Crippen LogP contribution < -0.4 is 21.7 Å². The second-order valence-corrected chi connectivity index (χ2v) is 6.45. The van der Waals surface area contributed by atoms with Crippen molar-refractivity contribution < 1.29 is 29.0 Å². The molecule has 162 valence electrons. The zero-order valence-electron chi connectivity index (χ0n) is 17.3. The van der Waals surface area contributed by atoms with Crippen molar-refractivity contribution in [1.29, 1.82) is 0 Å². The molecular formula is C18H34N4O6. The van der Waals surface area contributed by atoms with E-state index in [1.54, 1.807) is 20.8 Å². The minimum Gasteiger partial charge on any atom is -0.480 e. The quantitative estimate of drug-likeness (QED) is 0.303. The lowest BCUT2D eigenvalue weighted by atomic mass is 10.1. The minimum atomic E-state index is -1.21. The smallest absolute Gasteiger partial charge is 0.408 e. The van der Waals surface area contributed by atoms with Crippen LogP contribution in [-0.4, -0.2) is 53.8 Å². The Balaban J connectivity index is -0.00000113. The van der Waals surface area contributed by atoms with Gasteiger partial charge in [-0.3, -0.25) is 4.79 Å². The highest BCUT2D eigenvalue weighted by molar-refractivity contribution is 5.86. The topological polar surface area (TPSA) is 160 Å². The van der Waals surface area contributed by atoms with Gasteiger partial charge in [-0.25, -0.2) is 14.4 Å². The summed E-state index contributed by atoms with van der Waals surface area (Å²) in [6.07, 6.45) is 8.90. The van der Waals surface area contributed by atoms with Crippen molar-refractivity contribution in [3.63, 3.8) is 0 Å². The Morgan fingerprint density at radius 2 is 1.61 bits per heavy atom. The molecule has 0 saturated carbocycles. The monoisotopic (exact) mass is 402 g/mol. The predicted molar refractivity (Wildman–Crippen MR) is 106 cm³/mol. The van der Waals surface area contributed by atoms with Gasteiger partial charge >= 0.3 is 18.1 Å². The number of aliphatic carboxylic acids is 1. The van der Waals surface area contributed by atoms with Crippen molar-refractivity contribution >= 4 is 24.0 Å². The van der Waals surface area contributed by atoms with Crippen LogP contribution in [0, 0.1) is 12.8 Å². The highest BCUT2D eigenvalue weighted by atomic mass is 16.6. The molecule has 10 heteroatoms. The van der Waals surface area contributed by atoms with Gasteiger partial charge in [0.05, 0.1) is 0 Å². The number of amides is 4. The van der Waals surface area contributed by atoms with E-state index in [4.69, 9.17) is 15.6 Å². The summed E-state index contributed by atoms with van der Waals surface area (Å²) in [5, 5.41) is 15.8. The largest absolute Gasteiger partial charge is 0.480 e. The van der Waals surface area contributed by atoms with Crippen molar-refractivity contribution in [1.82, 2.24) is 16.0 Å². The van der Waals surface area contributed by atoms with Crippen LogP contribution >= 0.6 is 0 Å². The maximum absolute atomic E-state index is 11.6. The highest BCUT2D eigenvalue weighted by Crippen LogP contribution is 2.06. The fraction of sp³-hybridized carbons (Fsp3) is 0.667. The Morgan fingerprint density at radius 3 is 2.00 bits per heavy atom. The van der Waals surface area contributed by atoms with Crippen molar-refractivity contribution in [2.75, 3.05) is 13.1 Å². The van der Waals surface area contributed by atoms with Gasteiger partial charge in [0.25, 0.3) is 0 Å². The molecular weight excluding hydrogens is 368 g/mol. The second kappa shape index (κ2) is 17.5. The maximum Gasteiger partial charge on any atom is 0.408 e. The SMILES string of the molecule is C#C.CC(C)(C)OC(=O)NCC(=O)N[C@@H](CCCNC(N)=O)C(=O)O.CCC. The number of nitrogens with two attached hydrogens (primary N) is 1. The van der Waals surface area contributed by atoms with Crippen molar-refractivity contribution in [2.24, 2.45) is 5.73 Å². The molecule has 0 rings (SSSR count). The van der Waals surface area contributed by atoms with E-state index in [-0.39, 0.29) is 13.0 Å². The third-order valence-corrected chi connectivity index (χ3v) is 2.39. The van der Waals surface area contributed by atoms with Crippen LogP contribution in [0.15, 0.2) is 0 Å². The lowest BCUT2D eigenvalue weighted by Crippen LogP contribution is -2.46. The van der Waals surface area contributed by atoms with Gasteiger partial charge in [0, 0.05) is 6.54 Å².